The SMILES string of the molecule is CC[C@H](C)[C@H](N)C(=O)N(CC)[C@H](C[C@@H](OC(C)=O)c1nc(C(=O)N[C@@H](Cc2ccc([N+](=O)[O-])cc2)C[C@H](C)C(=O)O)cs1)C(C)C. The molecular weight excluding hydrogens is 614 g/mol. The van der Waals surface area contributed by atoms with Crippen LogP contribution in [0, 0.1) is 27.9 Å². The summed E-state index contributed by atoms with van der Waals surface area (Å²) in [6.07, 6.45) is 0.518. The lowest BCUT2D eigenvalue weighted by Gasteiger charge is -2.37. The number of hydrogen-bond acceptors (Lipinski definition) is 10. The first-order valence-corrected chi connectivity index (χ1v) is 16.4. The van der Waals surface area contributed by atoms with Gasteiger partial charge in [-0.1, -0.05) is 53.2 Å². The van der Waals surface area contributed by atoms with E-state index in [4.69, 9.17) is 10.5 Å². The molecule has 13 nitrogen and oxygen atoms in total. The quantitative estimate of drug-likeness (QED) is 0.114. The van der Waals surface area contributed by atoms with Gasteiger partial charge in [0.15, 0.2) is 6.10 Å². The van der Waals surface area contributed by atoms with E-state index in [-0.39, 0.29) is 54.4 Å². The molecule has 0 bridgehead atoms. The van der Waals surface area contributed by atoms with Crippen molar-refractivity contribution in [2.24, 2.45) is 23.5 Å². The number of carboxylic acids is 1. The number of amides is 2. The number of rotatable bonds is 18. The summed E-state index contributed by atoms with van der Waals surface area (Å²) in [5.74, 6) is -3.07. The maximum absolute atomic E-state index is 13.4. The van der Waals surface area contributed by atoms with Crippen molar-refractivity contribution in [1.82, 2.24) is 15.2 Å². The normalized spacial score (nSPS) is 15.2. The average Bonchev–Trinajstić information content (AvgIpc) is 3.50. The van der Waals surface area contributed by atoms with Crippen molar-refractivity contribution in [2.45, 2.75) is 98.4 Å². The molecule has 0 spiro atoms. The molecule has 2 aromatic rings. The van der Waals surface area contributed by atoms with Crippen LogP contribution >= 0.6 is 11.3 Å². The Morgan fingerprint density at radius 1 is 1.11 bits per heavy atom. The maximum atomic E-state index is 13.4. The molecule has 1 heterocycles. The van der Waals surface area contributed by atoms with Gasteiger partial charge in [0.1, 0.15) is 10.7 Å². The lowest BCUT2D eigenvalue weighted by molar-refractivity contribution is -0.384. The number of nitrogens with one attached hydrogen (secondary N) is 1. The number of esters is 1. The van der Waals surface area contributed by atoms with E-state index in [0.717, 1.165) is 17.8 Å². The zero-order valence-corrected chi connectivity index (χ0v) is 28.4. The van der Waals surface area contributed by atoms with Crippen molar-refractivity contribution in [3.63, 3.8) is 0 Å². The van der Waals surface area contributed by atoms with Crippen LogP contribution in [0.3, 0.4) is 0 Å². The molecule has 14 heteroatoms. The highest BCUT2D eigenvalue weighted by molar-refractivity contribution is 7.09. The van der Waals surface area contributed by atoms with E-state index in [1.807, 2.05) is 34.6 Å². The minimum atomic E-state index is -1.02. The van der Waals surface area contributed by atoms with Gasteiger partial charge in [0.05, 0.1) is 16.9 Å². The number of carbonyl (C=O) groups is 4. The van der Waals surface area contributed by atoms with Crippen LogP contribution in [0.15, 0.2) is 29.6 Å². The number of nitro groups is 1. The molecule has 1 aromatic carbocycles. The van der Waals surface area contributed by atoms with Crippen molar-refractivity contribution < 1.29 is 33.9 Å². The van der Waals surface area contributed by atoms with E-state index in [2.05, 4.69) is 10.3 Å². The Morgan fingerprint density at radius 2 is 1.74 bits per heavy atom. The molecule has 0 saturated heterocycles. The van der Waals surface area contributed by atoms with Crippen LogP contribution in [0.2, 0.25) is 0 Å². The first kappa shape index (κ1) is 38.3. The predicted octanol–water partition coefficient (Wildman–Crippen LogP) is 4.74. The van der Waals surface area contributed by atoms with Crippen molar-refractivity contribution >= 4 is 40.8 Å². The molecule has 0 saturated carbocycles. The highest BCUT2D eigenvalue weighted by Gasteiger charge is 2.35. The Morgan fingerprint density at radius 3 is 2.24 bits per heavy atom. The van der Waals surface area contributed by atoms with Crippen LogP contribution in [0.25, 0.3) is 0 Å². The summed E-state index contributed by atoms with van der Waals surface area (Å²) in [4.78, 5) is 67.3. The molecule has 1 aromatic heterocycles. The molecule has 0 unspecified atom stereocenters. The first-order chi connectivity index (χ1) is 21.6. The molecule has 0 aliphatic carbocycles. The number of nitrogens with zero attached hydrogens (tertiary/aromatic N) is 3. The van der Waals surface area contributed by atoms with Crippen LogP contribution in [-0.4, -0.2) is 68.3 Å². The van der Waals surface area contributed by atoms with Crippen LogP contribution in [0.4, 0.5) is 5.69 Å². The summed E-state index contributed by atoms with van der Waals surface area (Å²) in [7, 11) is 0. The molecule has 6 atom stereocenters. The molecule has 254 valence electrons. The summed E-state index contributed by atoms with van der Waals surface area (Å²) >= 11 is 1.14. The molecule has 0 fully saturated rings. The number of carboxylic acid groups (broad SMARTS) is 1. The molecule has 4 N–H and O–H groups in total. The monoisotopic (exact) mass is 661 g/mol. The fourth-order valence-corrected chi connectivity index (χ4v) is 6.02. The van der Waals surface area contributed by atoms with Crippen molar-refractivity contribution in [1.29, 1.82) is 0 Å². The fraction of sp³-hybridized carbons (Fsp3) is 0.594. The standard InChI is InChI=1S/C32H47N5O8S/c1-8-19(5)28(33)31(40)36(9-2)26(18(3)4)16-27(45-21(7)38)30-35-25(17-46-30)29(39)34-23(14-20(6)32(41)42)15-22-10-12-24(13-11-22)37(43)44/h10-13,17-20,23,26-28H,8-9,14-16,33H2,1-7H3,(H,34,39)(H,41,42)/t19-,20-,23+,26+,27+,28-/m0/s1. The second kappa shape index (κ2) is 17.7. The summed E-state index contributed by atoms with van der Waals surface area (Å²) < 4.78 is 5.67. The Bertz CT molecular complexity index is 1350. The van der Waals surface area contributed by atoms with Gasteiger partial charge in [-0.2, -0.15) is 0 Å². The van der Waals surface area contributed by atoms with Gasteiger partial charge >= 0.3 is 11.9 Å². The Kier molecular flexibility index (Phi) is 14.7. The fourth-order valence-electron chi connectivity index (χ4n) is 5.18. The van der Waals surface area contributed by atoms with Gasteiger partial charge in [-0.3, -0.25) is 29.3 Å². The van der Waals surface area contributed by atoms with Gasteiger partial charge in [-0.05, 0) is 37.2 Å². The predicted molar refractivity (Wildman–Crippen MR) is 174 cm³/mol. The number of thiazole rings is 1. The number of aliphatic carboxylic acids is 1. The number of aromatic nitrogens is 1. The number of carbonyl (C=O) groups excluding carboxylic acids is 3. The molecular formula is C32H47N5O8S. The maximum Gasteiger partial charge on any atom is 0.306 e. The summed E-state index contributed by atoms with van der Waals surface area (Å²) in [6.45, 7) is 13.0. The molecule has 0 aliphatic rings. The van der Waals surface area contributed by atoms with E-state index < -0.39 is 46.9 Å². The van der Waals surface area contributed by atoms with Crippen LogP contribution < -0.4 is 11.1 Å². The number of nitro benzene ring substituents is 1. The largest absolute Gasteiger partial charge is 0.481 e. The second-order valence-corrected chi connectivity index (χ2v) is 12.9. The summed E-state index contributed by atoms with van der Waals surface area (Å²) in [5, 5.41) is 25.3. The van der Waals surface area contributed by atoms with Crippen LogP contribution in [-0.2, 0) is 25.5 Å². The minimum Gasteiger partial charge on any atom is -0.481 e. The second-order valence-electron chi connectivity index (χ2n) is 12.0. The molecule has 0 aliphatic heterocycles. The number of hydrogen-bond donors (Lipinski definition) is 3. The van der Waals surface area contributed by atoms with Gasteiger partial charge in [0, 0.05) is 49.5 Å². The van der Waals surface area contributed by atoms with Crippen molar-refractivity contribution in [3.05, 3.63) is 56.0 Å². The lowest BCUT2D eigenvalue weighted by atomic mass is 9.93. The molecule has 2 amide bonds. The zero-order chi connectivity index (χ0) is 34.7. The summed E-state index contributed by atoms with van der Waals surface area (Å²) in [5.41, 5.74) is 6.98. The third kappa shape index (κ3) is 10.9. The highest BCUT2D eigenvalue weighted by Crippen LogP contribution is 2.31. The van der Waals surface area contributed by atoms with Gasteiger partial charge < -0.3 is 25.8 Å². The van der Waals surface area contributed by atoms with E-state index in [9.17, 15) is 34.4 Å². The summed E-state index contributed by atoms with van der Waals surface area (Å²) in [6, 6.07) is 4.23. The Labute approximate surface area is 274 Å². The number of ether oxygens (including phenoxy) is 1. The molecule has 46 heavy (non-hydrogen) atoms. The third-order valence-electron chi connectivity index (χ3n) is 8.15. The number of non-ortho nitro benzene ring substituents is 1. The van der Waals surface area contributed by atoms with E-state index in [1.54, 1.807) is 17.0 Å². The number of nitrogens with two attached hydrogens (primary N) is 1. The Balaban J connectivity index is 2.32. The van der Waals surface area contributed by atoms with Crippen LogP contribution in [0.5, 0.6) is 0 Å². The lowest BCUT2D eigenvalue weighted by Crippen LogP contribution is -2.52. The van der Waals surface area contributed by atoms with Crippen molar-refractivity contribution in [3.8, 4) is 0 Å². The van der Waals surface area contributed by atoms with E-state index in [1.165, 1.54) is 31.4 Å². The van der Waals surface area contributed by atoms with Crippen molar-refractivity contribution in [2.75, 3.05) is 6.54 Å². The average molecular weight is 662 g/mol. The smallest absolute Gasteiger partial charge is 0.306 e. The van der Waals surface area contributed by atoms with E-state index in [0.29, 0.717) is 17.1 Å². The third-order valence-corrected chi connectivity index (χ3v) is 9.09. The van der Waals surface area contributed by atoms with Gasteiger partial charge in [-0.25, -0.2) is 4.98 Å². The number of likely N-dealkylation sites (N-methyl/N-ethyl adjacent to an activating group) is 1. The Hall–Kier alpha value is -3.91. The number of benzene rings is 1. The minimum absolute atomic E-state index is 0.00905. The zero-order valence-electron chi connectivity index (χ0n) is 27.6. The highest BCUT2D eigenvalue weighted by atomic mass is 32.1. The van der Waals surface area contributed by atoms with Gasteiger partial charge in [-0.15, -0.1) is 11.3 Å². The van der Waals surface area contributed by atoms with Crippen LogP contribution in [0.1, 0.15) is 94.9 Å². The van der Waals surface area contributed by atoms with Gasteiger partial charge in [0.2, 0.25) is 5.91 Å². The molecule has 2 rings (SSSR count). The van der Waals surface area contributed by atoms with E-state index >= 15 is 0 Å². The topological polar surface area (TPSA) is 195 Å². The van der Waals surface area contributed by atoms with Gasteiger partial charge in [0.25, 0.3) is 11.6 Å². The molecule has 0 radical (unpaired) electrons. The first-order valence-electron chi connectivity index (χ1n) is 15.5.